The number of rotatable bonds is 7. The van der Waals surface area contributed by atoms with Gasteiger partial charge in [-0.1, -0.05) is 17.9 Å². The number of halogens is 1. The molecule has 0 radical (unpaired) electrons. The maximum atomic E-state index is 13.2. The van der Waals surface area contributed by atoms with Crippen LogP contribution in [0.3, 0.4) is 0 Å². The van der Waals surface area contributed by atoms with Crippen molar-refractivity contribution < 1.29 is 14.0 Å². The Balaban J connectivity index is 1.78. The lowest BCUT2D eigenvalue weighted by molar-refractivity contribution is -0.120. The Kier molecular flexibility index (Phi) is 8.92. The average Bonchev–Trinajstić information content (AvgIpc) is 2.85. The molecule has 2 heterocycles. The van der Waals surface area contributed by atoms with Crippen molar-refractivity contribution in [2.75, 3.05) is 38.1 Å². The molecule has 0 unspecified atom stereocenters. The predicted octanol–water partition coefficient (Wildman–Crippen LogP) is 2.71. The topological polar surface area (TPSA) is 86.7 Å². The first-order valence-electron chi connectivity index (χ1n) is 11.1. The van der Waals surface area contributed by atoms with E-state index >= 15 is 0 Å². The van der Waals surface area contributed by atoms with Gasteiger partial charge in [0.05, 0.1) is 17.7 Å². The lowest BCUT2D eigenvalue weighted by Crippen LogP contribution is -2.48. The number of aromatic nitrogens is 1. The van der Waals surface area contributed by atoms with Crippen molar-refractivity contribution in [3.63, 3.8) is 0 Å². The zero-order valence-corrected chi connectivity index (χ0v) is 19.4. The van der Waals surface area contributed by atoms with Gasteiger partial charge >= 0.3 is 0 Å². The van der Waals surface area contributed by atoms with E-state index in [1.807, 2.05) is 24.1 Å². The first-order chi connectivity index (χ1) is 16.5. The van der Waals surface area contributed by atoms with Crippen molar-refractivity contribution in [1.29, 1.82) is 0 Å². The summed E-state index contributed by atoms with van der Waals surface area (Å²) in [6.45, 7) is 3.73. The van der Waals surface area contributed by atoms with Gasteiger partial charge in [-0.3, -0.25) is 14.6 Å². The number of benzene rings is 1. The number of hydrogen-bond donors (Lipinski definition) is 2. The first-order valence-corrected chi connectivity index (χ1v) is 11.1. The molecule has 7 nitrogen and oxygen atoms in total. The van der Waals surface area contributed by atoms with Gasteiger partial charge in [0.15, 0.2) is 0 Å². The van der Waals surface area contributed by atoms with Crippen molar-refractivity contribution in [2.45, 2.75) is 19.8 Å². The number of carbonyl (C=O) groups excluding carboxylic acids is 2. The summed E-state index contributed by atoms with van der Waals surface area (Å²) in [4.78, 5) is 34.9. The number of carbonyl (C=O) groups is 2. The van der Waals surface area contributed by atoms with E-state index in [-0.39, 0.29) is 24.2 Å². The molecule has 0 atom stereocenters. The molecule has 0 bridgehead atoms. The van der Waals surface area contributed by atoms with Crippen molar-refractivity contribution in [1.82, 2.24) is 15.6 Å². The predicted molar refractivity (Wildman–Crippen MR) is 132 cm³/mol. The number of anilines is 1. The summed E-state index contributed by atoms with van der Waals surface area (Å²) >= 11 is 0. The lowest BCUT2D eigenvalue weighted by atomic mass is 10.1. The first kappa shape index (κ1) is 24.6. The van der Waals surface area contributed by atoms with Crippen molar-refractivity contribution >= 4 is 23.8 Å². The smallest absolute Gasteiger partial charge is 0.252 e. The van der Waals surface area contributed by atoms with Gasteiger partial charge in [0, 0.05) is 44.7 Å². The zero-order chi connectivity index (χ0) is 24.3. The third kappa shape index (κ3) is 7.01. The molecule has 1 aromatic heterocycles. The number of hydrogen-bond acceptors (Lipinski definition) is 5. The Morgan fingerprint density at radius 1 is 1.32 bits per heavy atom. The maximum Gasteiger partial charge on any atom is 0.252 e. The third-order valence-electron chi connectivity index (χ3n) is 5.25. The number of aliphatic imine (C=N–C) groups is 1. The Labute approximate surface area is 199 Å². The SMILES string of the molecule is C/C=C(\C=N/C)CCCNC(=O)c1cnc(N2CCNC(=O)C2)c(C#Cc2ccc(F)cc2)c1. The van der Waals surface area contributed by atoms with E-state index in [1.54, 1.807) is 25.2 Å². The number of piperazine rings is 1. The van der Waals surface area contributed by atoms with Gasteiger partial charge in [0.25, 0.3) is 5.91 Å². The summed E-state index contributed by atoms with van der Waals surface area (Å²) < 4.78 is 13.2. The molecule has 8 heteroatoms. The molecule has 2 N–H and O–H groups in total. The van der Waals surface area contributed by atoms with Crippen LogP contribution in [-0.4, -0.2) is 56.2 Å². The van der Waals surface area contributed by atoms with E-state index in [0.717, 1.165) is 18.4 Å². The van der Waals surface area contributed by atoms with Crippen LogP contribution in [0.1, 0.15) is 41.3 Å². The molecular formula is C26H28FN5O2. The van der Waals surface area contributed by atoms with Gasteiger partial charge in [-0.15, -0.1) is 0 Å². The van der Waals surface area contributed by atoms with Gasteiger partial charge in [-0.2, -0.15) is 0 Å². The monoisotopic (exact) mass is 461 g/mol. The van der Waals surface area contributed by atoms with Gasteiger partial charge in [-0.05, 0) is 55.7 Å². The Morgan fingerprint density at radius 2 is 2.12 bits per heavy atom. The molecule has 0 saturated carbocycles. The molecule has 1 aromatic carbocycles. The summed E-state index contributed by atoms with van der Waals surface area (Å²) in [5.74, 6) is 5.90. The maximum absolute atomic E-state index is 13.2. The second kappa shape index (κ2) is 12.3. The minimum Gasteiger partial charge on any atom is -0.353 e. The zero-order valence-electron chi connectivity index (χ0n) is 19.4. The standard InChI is InChI=1S/C26H28FN5O2/c1-3-19(16-28-2)5-4-12-30-26(34)22-15-21(9-6-20-7-10-23(27)11-8-20)25(31-17-22)32-14-13-29-24(33)18-32/h3,7-8,10-11,15-17H,4-5,12-14,18H2,1-2H3,(H,29,33)(H,30,34)/b19-3-,28-16-. The fourth-order valence-electron chi connectivity index (χ4n) is 3.46. The molecule has 34 heavy (non-hydrogen) atoms. The van der Waals surface area contributed by atoms with Crippen LogP contribution in [0.25, 0.3) is 0 Å². The van der Waals surface area contributed by atoms with Crippen LogP contribution in [0.4, 0.5) is 10.2 Å². The normalized spacial score (nSPS) is 13.9. The van der Waals surface area contributed by atoms with Crippen LogP contribution in [0.15, 0.2) is 53.2 Å². The molecular weight excluding hydrogens is 433 g/mol. The second-order valence-electron chi connectivity index (χ2n) is 7.73. The van der Waals surface area contributed by atoms with Crippen LogP contribution < -0.4 is 15.5 Å². The van der Waals surface area contributed by atoms with Crippen LogP contribution in [0, 0.1) is 17.7 Å². The van der Waals surface area contributed by atoms with Crippen LogP contribution in [0.5, 0.6) is 0 Å². The van der Waals surface area contributed by atoms with Crippen molar-refractivity contribution in [2.24, 2.45) is 4.99 Å². The molecule has 2 amide bonds. The van der Waals surface area contributed by atoms with Crippen LogP contribution in [0.2, 0.25) is 0 Å². The Morgan fingerprint density at radius 3 is 2.82 bits per heavy atom. The number of pyridine rings is 1. The molecule has 2 aromatic rings. The van der Waals surface area contributed by atoms with Crippen molar-refractivity contribution in [3.05, 3.63) is 70.7 Å². The highest BCUT2D eigenvalue weighted by Gasteiger charge is 2.21. The molecule has 1 saturated heterocycles. The lowest BCUT2D eigenvalue weighted by Gasteiger charge is -2.28. The van der Waals surface area contributed by atoms with Crippen molar-refractivity contribution in [3.8, 4) is 11.8 Å². The number of nitrogens with zero attached hydrogens (tertiary/aromatic N) is 3. The highest BCUT2D eigenvalue weighted by molar-refractivity contribution is 5.95. The Hall–Kier alpha value is -3.99. The molecule has 3 rings (SSSR count). The van der Waals surface area contributed by atoms with Crippen LogP contribution in [-0.2, 0) is 4.79 Å². The number of nitrogens with one attached hydrogen (secondary N) is 2. The van der Waals surface area contributed by atoms with E-state index in [4.69, 9.17) is 0 Å². The fraction of sp³-hybridized carbons (Fsp3) is 0.308. The number of amides is 2. The van der Waals surface area contributed by atoms with E-state index in [0.29, 0.717) is 42.1 Å². The molecule has 176 valence electrons. The molecule has 1 fully saturated rings. The summed E-state index contributed by atoms with van der Waals surface area (Å²) in [6, 6.07) is 7.54. The Bertz CT molecular complexity index is 1150. The van der Waals surface area contributed by atoms with E-state index in [1.165, 1.54) is 18.3 Å². The summed E-state index contributed by atoms with van der Waals surface area (Å²) in [6.07, 6.45) is 6.92. The summed E-state index contributed by atoms with van der Waals surface area (Å²) in [7, 11) is 1.73. The largest absolute Gasteiger partial charge is 0.353 e. The van der Waals surface area contributed by atoms with Gasteiger partial charge < -0.3 is 15.5 Å². The third-order valence-corrected chi connectivity index (χ3v) is 5.25. The molecule has 1 aliphatic heterocycles. The van der Waals surface area contributed by atoms with Gasteiger partial charge in [-0.25, -0.2) is 9.37 Å². The van der Waals surface area contributed by atoms with E-state index < -0.39 is 0 Å². The minimum atomic E-state index is -0.338. The summed E-state index contributed by atoms with van der Waals surface area (Å²) in [5.41, 5.74) is 2.66. The minimum absolute atomic E-state index is 0.0964. The van der Waals surface area contributed by atoms with E-state index in [2.05, 4.69) is 32.5 Å². The molecule has 0 spiro atoms. The summed E-state index contributed by atoms with van der Waals surface area (Å²) in [5, 5.41) is 5.70. The number of allylic oxidation sites excluding steroid dienone is 2. The second-order valence-corrected chi connectivity index (χ2v) is 7.73. The fourth-order valence-corrected chi connectivity index (χ4v) is 3.46. The highest BCUT2D eigenvalue weighted by atomic mass is 19.1. The van der Waals surface area contributed by atoms with Gasteiger partial charge in [0.1, 0.15) is 11.6 Å². The molecule has 0 aliphatic carbocycles. The molecule has 1 aliphatic rings. The quantitative estimate of drug-likeness (QED) is 0.377. The highest BCUT2D eigenvalue weighted by Crippen LogP contribution is 2.19. The van der Waals surface area contributed by atoms with Crippen LogP contribution >= 0.6 is 0 Å². The van der Waals surface area contributed by atoms with Gasteiger partial charge in [0.2, 0.25) is 5.91 Å². The average molecular weight is 462 g/mol. The van der Waals surface area contributed by atoms with E-state index in [9.17, 15) is 14.0 Å².